The van der Waals surface area contributed by atoms with Crippen LogP contribution in [-0.2, 0) is 17.5 Å². The van der Waals surface area contributed by atoms with Gasteiger partial charge in [0.15, 0.2) is 0 Å². The molecule has 0 atom stereocenters. The maximum atomic E-state index is 13.0. The summed E-state index contributed by atoms with van der Waals surface area (Å²) in [7, 11) is 0. The lowest BCUT2D eigenvalue weighted by atomic mass is 10.2. The molecule has 3 aromatic rings. The molecule has 130 valence electrons. The molecule has 0 radical (unpaired) electrons. The fourth-order valence-electron chi connectivity index (χ4n) is 2.46. The van der Waals surface area contributed by atoms with Crippen molar-refractivity contribution in [2.24, 2.45) is 0 Å². The van der Waals surface area contributed by atoms with Gasteiger partial charge in [0.2, 0.25) is 5.91 Å². The molecule has 2 aromatic heterocycles. The predicted octanol–water partition coefficient (Wildman–Crippen LogP) is 4.16. The summed E-state index contributed by atoms with van der Waals surface area (Å²) in [4.78, 5) is 16.4. The van der Waals surface area contributed by atoms with Crippen molar-refractivity contribution < 1.29 is 18.0 Å². The molecule has 0 spiro atoms. The Kier molecular flexibility index (Phi) is 4.51. The molecule has 0 saturated carbocycles. The summed E-state index contributed by atoms with van der Waals surface area (Å²) in [5, 5.41) is 7.13. The second-order valence-corrected chi connectivity index (χ2v) is 6.22. The number of nitrogens with one attached hydrogen (secondary N) is 1. The van der Waals surface area contributed by atoms with Gasteiger partial charge in [0.05, 0.1) is 16.9 Å². The number of amides is 1. The maximum Gasteiger partial charge on any atom is 0.433 e. The summed E-state index contributed by atoms with van der Waals surface area (Å²) < 4.78 is 40.4. The number of fused-ring (bicyclic) bond motifs is 1. The van der Waals surface area contributed by atoms with Gasteiger partial charge in [-0.1, -0.05) is 22.0 Å². The van der Waals surface area contributed by atoms with Crippen LogP contribution in [0.2, 0.25) is 0 Å². The smallest absolute Gasteiger partial charge is 0.323 e. The zero-order valence-electron chi connectivity index (χ0n) is 12.9. The molecule has 0 aliphatic carbocycles. The van der Waals surface area contributed by atoms with Crippen LogP contribution in [-0.4, -0.2) is 20.7 Å². The highest BCUT2D eigenvalue weighted by molar-refractivity contribution is 9.10. The van der Waals surface area contributed by atoms with Crippen molar-refractivity contribution in [3.05, 3.63) is 52.4 Å². The number of carbonyl (C=O) groups excluding carboxylic acids is 1. The molecule has 0 unspecified atom stereocenters. The number of anilines is 1. The number of carbonyl (C=O) groups is 1. The largest absolute Gasteiger partial charge is 0.433 e. The summed E-state index contributed by atoms with van der Waals surface area (Å²) in [5.41, 5.74) is 0.189. The molecule has 1 aromatic carbocycles. The molecule has 0 saturated heterocycles. The van der Waals surface area contributed by atoms with Crippen LogP contribution in [0.3, 0.4) is 0 Å². The van der Waals surface area contributed by atoms with Gasteiger partial charge in [-0.05, 0) is 31.2 Å². The van der Waals surface area contributed by atoms with E-state index in [1.165, 1.54) is 6.92 Å². The minimum absolute atomic E-state index is 0.191. The van der Waals surface area contributed by atoms with Crippen molar-refractivity contribution in [2.45, 2.75) is 19.6 Å². The number of halogens is 4. The predicted molar refractivity (Wildman–Crippen MR) is 90.0 cm³/mol. The molecule has 9 heteroatoms. The van der Waals surface area contributed by atoms with Gasteiger partial charge in [0.1, 0.15) is 12.2 Å². The standard InChI is InChI=1S/C16H12BrF3N4O/c1-9-7-13(16(18,19)20)24(23-9)8-14(25)22-12-5-4-11(17)10-3-2-6-21-15(10)12/h2-7H,8H2,1H3,(H,22,25). The lowest BCUT2D eigenvalue weighted by Gasteiger charge is -2.12. The van der Waals surface area contributed by atoms with Crippen molar-refractivity contribution in [2.75, 3.05) is 5.32 Å². The Morgan fingerprint density at radius 2 is 2.08 bits per heavy atom. The van der Waals surface area contributed by atoms with Crippen molar-refractivity contribution >= 4 is 38.4 Å². The van der Waals surface area contributed by atoms with E-state index in [0.717, 1.165) is 15.9 Å². The fraction of sp³-hybridized carbons (Fsp3) is 0.188. The highest BCUT2D eigenvalue weighted by Gasteiger charge is 2.35. The van der Waals surface area contributed by atoms with E-state index in [-0.39, 0.29) is 5.69 Å². The highest BCUT2D eigenvalue weighted by Crippen LogP contribution is 2.30. The first kappa shape index (κ1) is 17.4. The van der Waals surface area contributed by atoms with Gasteiger partial charge >= 0.3 is 6.18 Å². The van der Waals surface area contributed by atoms with Crippen molar-refractivity contribution in [3.63, 3.8) is 0 Å². The Bertz CT molecular complexity index is 952. The molecule has 2 heterocycles. The van der Waals surface area contributed by atoms with Crippen LogP contribution in [0.5, 0.6) is 0 Å². The Labute approximate surface area is 149 Å². The average molecular weight is 413 g/mol. The first-order valence-electron chi connectivity index (χ1n) is 7.20. The van der Waals surface area contributed by atoms with Gasteiger partial charge in [-0.3, -0.25) is 14.5 Å². The number of hydrogen-bond donors (Lipinski definition) is 1. The van der Waals surface area contributed by atoms with Crippen LogP contribution < -0.4 is 5.32 Å². The number of nitrogens with zero attached hydrogens (tertiary/aromatic N) is 3. The minimum Gasteiger partial charge on any atom is -0.323 e. The Morgan fingerprint density at radius 3 is 2.80 bits per heavy atom. The third-order valence-corrected chi connectivity index (χ3v) is 4.17. The zero-order chi connectivity index (χ0) is 18.2. The van der Waals surface area contributed by atoms with Crippen LogP contribution in [0, 0.1) is 6.92 Å². The first-order valence-corrected chi connectivity index (χ1v) is 8.00. The van der Waals surface area contributed by atoms with Crippen molar-refractivity contribution in [1.82, 2.24) is 14.8 Å². The summed E-state index contributed by atoms with van der Waals surface area (Å²) in [6.45, 7) is 0.892. The molecular formula is C16H12BrF3N4O. The first-order chi connectivity index (χ1) is 11.8. The lowest BCUT2D eigenvalue weighted by Crippen LogP contribution is -2.23. The third-order valence-electron chi connectivity index (χ3n) is 3.48. The molecule has 1 amide bonds. The maximum absolute atomic E-state index is 13.0. The normalized spacial score (nSPS) is 11.7. The van der Waals surface area contributed by atoms with Crippen molar-refractivity contribution in [3.8, 4) is 0 Å². The number of rotatable bonds is 3. The molecule has 0 aliphatic rings. The van der Waals surface area contributed by atoms with Gasteiger partial charge in [-0.25, -0.2) is 0 Å². The summed E-state index contributed by atoms with van der Waals surface area (Å²) in [6.07, 6.45) is -3.00. The number of alkyl halides is 3. The van der Waals surface area contributed by atoms with E-state index in [4.69, 9.17) is 0 Å². The molecule has 3 rings (SSSR count). The quantitative estimate of drug-likeness (QED) is 0.702. The van der Waals surface area contributed by atoms with Crippen LogP contribution in [0.25, 0.3) is 10.9 Å². The van der Waals surface area contributed by atoms with Gasteiger partial charge < -0.3 is 5.32 Å². The van der Waals surface area contributed by atoms with E-state index in [0.29, 0.717) is 15.9 Å². The van der Waals surface area contributed by atoms with E-state index in [2.05, 4.69) is 31.3 Å². The third kappa shape index (κ3) is 3.65. The molecule has 5 nitrogen and oxygen atoms in total. The van der Waals surface area contributed by atoms with Crippen LogP contribution in [0.4, 0.5) is 18.9 Å². The van der Waals surface area contributed by atoms with E-state index in [1.54, 1.807) is 24.4 Å². The average Bonchev–Trinajstić information content (AvgIpc) is 2.91. The van der Waals surface area contributed by atoms with Gasteiger partial charge in [-0.15, -0.1) is 0 Å². The zero-order valence-corrected chi connectivity index (χ0v) is 14.5. The Balaban J connectivity index is 1.87. The second-order valence-electron chi connectivity index (χ2n) is 5.37. The van der Waals surface area contributed by atoms with Crippen LogP contribution >= 0.6 is 15.9 Å². The summed E-state index contributed by atoms with van der Waals surface area (Å²) in [5.74, 6) is -0.622. The fourth-order valence-corrected chi connectivity index (χ4v) is 2.91. The molecule has 0 aliphatic heterocycles. The Hall–Kier alpha value is -2.42. The molecule has 1 N–H and O–H groups in total. The van der Waals surface area contributed by atoms with Gasteiger partial charge in [0.25, 0.3) is 0 Å². The van der Waals surface area contributed by atoms with Crippen LogP contribution in [0.1, 0.15) is 11.4 Å². The number of aromatic nitrogens is 3. The Morgan fingerprint density at radius 1 is 1.32 bits per heavy atom. The molecule has 0 bridgehead atoms. The molecule has 0 fully saturated rings. The van der Waals surface area contributed by atoms with E-state index in [9.17, 15) is 18.0 Å². The SMILES string of the molecule is Cc1cc(C(F)(F)F)n(CC(=O)Nc2ccc(Br)c3cccnc23)n1. The van der Waals surface area contributed by atoms with Gasteiger partial charge in [0, 0.05) is 16.1 Å². The lowest BCUT2D eigenvalue weighted by molar-refractivity contribution is -0.144. The number of pyridine rings is 1. The topological polar surface area (TPSA) is 59.8 Å². The van der Waals surface area contributed by atoms with Gasteiger partial charge in [-0.2, -0.15) is 18.3 Å². The number of aryl methyl sites for hydroxylation is 1. The van der Waals surface area contributed by atoms with E-state index < -0.39 is 24.3 Å². The van der Waals surface area contributed by atoms with E-state index in [1.807, 2.05) is 6.07 Å². The minimum atomic E-state index is -4.58. The highest BCUT2D eigenvalue weighted by atomic mass is 79.9. The molecule has 25 heavy (non-hydrogen) atoms. The van der Waals surface area contributed by atoms with Crippen molar-refractivity contribution in [1.29, 1.82) is 0 Å². The molecular weight excluding hydrogens is 401 g/mol. The number of benzene rings is 1. The summed E-state index contributed by atoms with van der Waals surface area (Å²) >= 11 is 3.39. The van der Waals surface area contributed by atoms with E-state index >= 15 is 0 Å². The monoisotopic (exact) mass is 412 g/mol. The summed E-state index contributed by atoms with van der Waals surface area (Å²) in [6, 6.07) is 7.85. The van der Waals surface area contributed by atoms with Crippen LogP contribution in [0.15, 0.2) is 41.0 Å². The number of hydrogen-bond acceptors (Lipinski definition) is 3. The second kappa shape index (κ2) is 6.47.